The van der Waals surface area contributed by atoms with Crippen LogP contribution >= 0.6 is 0 Å². The molecule has 2 rings (SSSR count). The van der Waals surface area contributed by atoms with Crippen molar-refractivity contribution in [2.45, 2.75) is 6.42 Å². The van der Waals surface area contributed by atoms with Crippen molar-refractivity contribution >= 4 is 17.3 Å². The van der Waals surface area contributed by atoms with E-state index in [9.17, 15) is 8.78 Å². The van der Waals surface area contributed by atoms with Gasteiger partial charge in [-0.3, -0.25) is 0 Å². The van der Waals surface area contributed by atoms with Crippen LogP contribution in [0.15, 0.2) is 30.3 Å². The molecule has 0 spiro atoms. The third-order valence-corrected chi connectivity index (χ3v) is 3.01. The van der Waals surface area contributed by atoms with E-state index in [0.29, 0.717) is 13.0 Å². The lowest BCUT2D eigenvalue weighted by Gasteiger charge is -2.13. The number of pyridine rings is 1. The Labute approximate surface area is 122 Å². The predicted octanol–water partition coefficient (Wildman–Crippen LogP) is 3.33. The highest BCUT2D eigenvalue weighted by molar-refractivity contribution is 5.62. The molecular formula is C15H17F2N3O. The summed E-state index contributed by atoms with van der Waals surface area (Å²) in [7, 11) is 3.15. The zero-order valence-electron chi connectivity index (χ0n) is 11.9. The second-order valence-electron chi connectivity index (χ2n) is 4.42. The summed E-state index contributed by atoms with van der Waals surface area (Å²) in [6.07, 6.45) is 0.682. The Bertz CT molecular complexity index is 620. The maximum atomic E-state index is 13.8. The summed E-state index contributed by atoms with van der Waals surface area (Å²) in [5, 5.41) is 5.49. The molecule has 21 heavy (non-hydrogen) atoms. The van der Waals surface area contributed by atoms with Crippen LogP contribution in [0, 0.1) is 11.6 Å². The van der Waals surface area contributed by atoms with Gasteiger partial charge in [-0.25, -0.2) is 13.8 Å². The Kier molecular flexibility index (Phi) is 5.05. The van der Waals surface area contributed by atoms with Crippen molar-refractivity contribution in [1.82, 2.24) is 4.98 Å². The van der Waals surface area contributed by atoms with E-state index in [2.05, 4.69) is 15.6 Å². The molecule has 2 N–H and O–H groups in total. The molecule has 1 heterocycles. The molecule has 1 aromatic carbocycles. The summed E-state index contributed by atoms with van der Waals surface area (Å²) >= 11 is 0. The number of hydrogen-bond acceptors (Lipinski definition) is 4. The molecule has 0 fully saturated rings. The summed E-state index contributed by atoms with van der Waals surface area (Å²) in [4.78, 5) is 3.90. The number of hydrogen-bond donors (Lipinski definition) is 2. The number of nitrogens with zero attached hydrogens (tertiary/aromatic N) is 1. The Hall–Kier alpha value is -2.21. The summed E-state index contributed by atoms with van der Waals surface area (Å²) in [5.41, 5.74) is 1.69. The Balaban J connectivity index is 2.30. The van der Waals surface area contributed by atoms with E-state index >= 15 is 0 Å². The number of nitrogens with one attached hydrogen (secondary N) is 2. The minimum Gasteiger partial charge on any atom is -0.384 e. The standard InChI is InChI=1S/C15H17F2N3O/c1-18-14-11(16)9-12(17)15(20-14)19-13-6-4-3-5-10(13)7-8-21-2/h3-6,9H,7-8H2,1-2H3,(H2,18,19,20). The number of methoxy groups -OCH3 is 1. The van der Waals surface area contributed by atoms with Gasteiger partial charge in [0.25, 0.3) is 0 Å². The van der Waals surface area contributed by atoms with Crippen LogP contribution in [0.4, 0.5) is 26.1 Å². The Morgan fingerprint density at radius 2 is 1.86 bits per heavy atom. The van der Waals surface area contributed by atoms with E-state index in [4.69, 9.17) is 4.74 Å². The minimum atomic E-state index is -0.743. The summed E-state index contributed by atoms with van der Waals surface area (Å²) in [6.45, 7) is 0.555. The molecule has 0 aliphatic heterocycles. The normalized spacial score (nSPS) is 10.5. The average Bonchev–Trinajstić information content (AvgIpc) is 2.49. The molecule has 4 nitrogen and oxygen atoms in total. The lowest BCUT2D eigenvalue weighted by Crippen LogP contribution is -2.05. The highest BCUT2D eigenvalue weighted by Gasteiger charge is 2.12. The van der Waals surface area contributed by atoms with Gasteiger partial charge >= 0.3 is 0 Å². The molecule has 0 saturated heterocycles. The van der Waals surface area contributed by atoms with Crippen LogP contribution in [0.1, 0.15) is 5.56 Å². The fourth-order valence-corrected chi connectivity index (χ4v) is 1.93. The molecule has 0 radical (unpaired) electrons. The zero-order chi connectivity index (χ0) is 15.2. The molecule has 1 aromatic heterocycles. The van der Waals surface area contributed by atoms with Crippen molar-refractivity contribution in [1.29, 1.82) is 0 Å². The molecule has 112 valence electrons. The first-order valence-corrected chi connectivity index (χ1v) is 6.53. The summed E-state index contributed by atoms with van der Waals surface area (Å²) in [5.74, 6) is -1.50. The van der Waals surface area contributed by atoms with Crippen molar-refractivity contribution in [3.63, 3.8) is 0 Å². The molecule has 2 aromatic rings. The van der Waals surface area contributed by atoms with Crippen molar-refractivity contribution in [2.75, 3.05) is 31.4 Å². The minimum absolute atomic E-state index is 0.00623. The van der Waals surface area contributed by atoms with Gasteiger partial charge in [-0.1, -0.05) is 18.2 Å². The van der Waals surface area contributed by atoms with Crippen LogP contribution in [-0.2, 0) is 11.2 Å². The smallest absolute Gasteiger partial charge is 0.169 e. The molecule has 0 aliphatic carbocycles. The van der Waals surface area contributed by atoms with E-state index in [0.717, 1.165) is 17.3 Å². The fraction of sp³-hybridized carbons (Fsp3) is 0.267. The maximum Gasteiger partial charge on any atom is 0.169 e. The second kappa shape index (κ2) is 6.99. The van der Waals surface area contributed by atoms with Gasteiger partial charge in [-0.15, -0.1) is 0 Å². The third kappa shape index (κ3) is 3.66. The van der Waals surface area contributed by atoms with Gasteiger partial charge < -0.3 is 15.4 Å². The van der Waals surface area contributed by atoms with Gasteiger partial charge in [0, 0.05) is 25.9 Å². The summed E-state index contributed by atoms with van der Waals surface area (Å²) < 4.78 is 32.3. The predicted molar refractivity (Wildman–Crippen MR) is 79.0 cm³/mol. The number of benzene rings is 1. The van der Waals surface area contributed by atoms with Crippen LogP contribution < -0.4 is 10.6 Å². The van der Waals surface area contributed by atoms with Crippen molar-refractivity contribution < 1.29 is 13.5 Å². The van der Waals surface area contributed by atoms with Gasteiger partial charge in [0.2, 0.25) is 0 Å². The first-order chi connectivity index (χ1) is 10.2. The van der Waals surface area contributed by atoms with Crippen LogP contribution in [0.5, 0.6) is 0 Å². The van der Waals surface area contributed by atoms with Crippen molar-refractivity contribution in [2.24, 2.45) is 0 Å². The zero-order valence-corrected chi connectivity index (χ0v) is 11.9. The number of ether oxygens (including phenoxy) is 1. The number of aromatic nitrogens is 1. The van der Waals surface area contributed by atoms with Crippen molar-refractivity contribution in [3.05, 3.63) is 47.5 Å². The monoisotopic (exact) mass is 293 g/mol. The molecule has 0 atom stereocenters. The van der Waals surface area contributed by atoms with Crippen LogP contribution in [-0.4, -0.2) is 25.7 Å². The molecule has 0 unspecified atom stereocenters. The number of para-hydroxylation sites is 1. The number of anilines is 3. The largest absolute Gasteiger partial charge is 0.384 e. The van der Waals surface area contributed by atoms with Crippen molar-refractivity contribution in [3.8, 4) is 0 Å². The summed E-state index contributed by atoms with van der Waals surface area (Å²) in [6, 6.07) is 8.26. The van der Waals surface area contributed by atoms with Crippen LogP contribution in [0.25, 0.3) is 0 Å². The Morgan fingerprint density at radius 1 is 1.14 bits per heavy atom. The van der Waals surface area contributed by atoms with Crippen LogP contribution in [0.2, 0.25) is 0 Å². The van der Waals surface area contributed by atoms with Gasteiger partial charge in [-0.2, -0.15) is 0 Å². The lowest BCUT2D eigenvalue weighted by atomic mass is 10.1. The third-order valence-electron chi connectivity index (χ3n) is 3.01. The molecule has 0 saturated carbocycles. The van der Waals surface area contributed by atoms with E-state index in [-0.39, 0.29) is 11.6 Å². The molecule has 0 aliphatic rings. The number of halogens is 2. The lowest BCUT2D eigenvalue weighted by molar-refractivity contribution is 0.202. The first-order valence-electron chi connectivity index (χ1n) is 6.53. The van der Waals surface area contributed by atoms with Crippen LogP contribution in [0.3, 0.4) is 0 Å². The van der Waals surface area contributed by atoms with Gasteiger partial charge in [0.15, 0.2) is 23.3 Å². The molecular weight excluding hydrogens is 276 g/mol. The highest BCUT2D eigenvalue weighted by Crippen LogP contribution is 2.24. The van der Waals surface area contributed by atoms with E-state index < -0.39 is 11.6 Å². The highest BCUT2D eigenvalue weighted by atomic mass is 19.1. The average molecular weight is 293 g/mol. The molecule has 6 heteroatoms. The quantitative estimate of drug-likeness (QED) is 0.857. The topological polar surface area (TPSA) is 46.2 Å². The molecule has 0 amide bonds. The van der Waals surface area contributed by atoms with Gasteiger partial charge in [0.1, 0.15) is 0 Å². The number of rotatable bonds is 6. The SMILES string of the molecule is CNc1nc(Nc2ccccc2CCOC)c(F)cc1F. The van der Waals surface area contributed by atoms with E-state index in [1.54, 1.807) is 7.11 Å². The Morgan fingerprint density at radius 3 is 2.57 bits per heavy atom. The maximum absolute atomic E-state index is 13.8. The van der Waals surface area contributed by atoms with E-state index in [1.165, 1.54) is 7.05 Å². The fourth-order valence-electron chi connectivity index (χ4n) is 1.93. The van der Waals surface area contributed by atoms with E-state index in [1.807, 2.05) is 24.3 Å². The molecule has 0 bridgehead atoms. The van der Waals surface area contributed by atoms with Gasteiger partial charge in [0.05, 0.1) is 6.61 Å². The van der Waals surface area contributed by atoms with Gasteiger partial charge in [-0.05, 0) is 18.1 Å². The second-order valence-corrected chi connectivity index (χ2v) is 4.42. The first kappa shape index (κ1) is 15.2.